The summed E-state index contributed by atoms with van der Waals surface area (Å²) < 4.78 is 7.85. The lowest BCUT2D eigenvalue weighted by molar-refractivity contribution is 0.0785. The van der Waals surface area contributed by atoms with Gasteiger partial charge >= 0.3 is 0 Å². The van der Waals surface area contributed by atoms with Gasteiger partial charge in [0.15, 0.2) is 0 Å². The third-order valence-corrected chi connectivity index (χ3v) is 4.66. The molecule has 3 aromatic rings. The second-order valence-corrected chi connectivity index (χ2v) is 6.90. The summed E-state index contributed by atoms with van der Waals surface area (Å²) in [7, 11) is 3.38. The van der Waals surface area contributed by atoms with Crippen molar-refractivity contribution in [2.45, 2.75) is 13.1 Å². The second-order valence-electron chi connectivity index (χ2n) is 6.04. The van der Waals surface area contributed by atoms with Crippen LogP contribution in [-0.2, 0) is 13.1 Å². The maximum absolute atomic E-state index is 12.6. The fourth-order valence-electron chi connectivity index (χ4n) is 2.71. The predicted molar refractivity (Wildman–Crippen MR) is 104 cm³/mol. The number of amides is 1. The number of methoxy groups -OCH3 is 1. The molecule has 5 nitrogen and oxygen atoms in total. The zero-order valence-electron chi connectivity index (χ0n) is 14.7. The molecule has 6 heteroatoms. The molecule has 0 spiro atoms. The summed E-state index contributed by atoms with van der Waals surface area (Å²) in [6.45, 7) is 1.21. The van der Waals surface area contributed by atoms with E-state index < -0.39 is 0 Å². The highest BCUT2D eigenvalue weighted by molar-refractivity contribution is 9.10. The zero-order valence-corrected chi connectivity index (χ0v) is 16.3. The molecular weight excluding hydrogens is 394 g/mol. The molecule has 1 amide bonds. The van der Waals surface area contributed by atoms with Crippen molar-refractivity contribution in [3.05, 3.63) is 82.1 Å². The van der Waals surface area contributed by atoms with Crippen LogP contribution >= 0.6 is 15.9 Å². The maximum atomic E-state index is 12.6. The number of halogens is 1. The molecule has 0 bridgehead atoms. The summed E-state index contributed by atoms with van der Waals surface area (Å²) >= 11 is 3.42. The van der Waals surface area contributed by atoms with E-state index in [1.54, 1.807) is 43.5 Å². The number of rotatable bonds is 6. The Labute approximate surface area is 161 Å². The summed E-state index contributed by atoms with van der Waals surface area (Å²) in [5, 5.41) is 4.39. The molecule has 0 unspecified atom stereocenters. The molecule has 2 aromatic carbocycles. The molecule has 0 radical (unpaired) electrons. The van der Waals surface area contributed by atoms with Crippen molar-refractivity contribution in [2.24, 2.45) is 0 Å². The largest absolute Gasteiger partial charge is 0.496 e. The lowest BCUT2D eigenvalue weighted by Gasteiger charge is -2.17. The molecule has 1 aromatic heterocycles. The minimum atomic E-state index is -0.0517. The van der Waals surface area contributed by atoms with Gasteiger partial charge in [-0.15, -0.1) is 0 Å². The molecule has 0 aliphatic heterocycles. The van der Waals surface area contributed by atoms with Gasteiger partial charge in [0.2, 0.25) is 0 Å². The van der Waals surface area contributed by atoms with Crippen molar-refractivity contribution >= 4 is 21.8 Å². The van der Waals surface area contributed by atoms with E-state index in [-0.39, 0.29) is 5.91 Å². The van der Waals surface area contributed by atoms with Crippen molar-refractivity contribution in [1.82, 2.24) is 14.7 Å². The molecule has 134 valence electrons. The number of nitrogens with zero attached hydrogens (tertiary/aromatic N) is 3. The second kappa shape index (κ2) is 8.19. The van der Waals surface area contributed by atoms with Gasteiger partial charge in [0.1, 0.15) is 5.75 Å². The lowest BCUT2D eigenvalue weighted by Crippen LogP contribution is -2.26. The maximum Gasteiger partial charge on any atom is 0.253 e. The summed E-state index contributed by atoms with van der Waals surface area (Å²) in [6, 6.07) is 15.5. The van der Waals surface area contributed by atoms with E-state index in [4.69, 9.17) is 4.74 Å². The van der Waals surface area contributed by atoms with E-state index in [2.05, 4.69) is 33.2 Å². The van der Waals surface area contributed by atoms with E-state index in [0.717, 1.165) is 10.0 Å². The smallest absolute Gasteiger partial charge is 0.253 e. The molecule has 3 rings (SSSR count). The van der Waals surface area contributed by atoms with Crippen molar-refractivity contribution in [1.29, 1.82) is 0 Å². The Kier molecular flexibility index (Phi) is 5.73. The Hall–Kier alpha value is -2.60. The number of carbonyl (C=O) groups is 1. The van der Waals surface area contributed by atoms with Gasteiger partial charge in [-0.1, -0.05) is 30.3 Å². The molecule has 0 saturated heterocycles. The zero-order chi connectivity index (χ0) is 18.5. The van der Waals surface area contributed by atoms with Gasteiger partial charge < -0.3 is 9.64 Å². The first kappa shape index (κ1) is 18.2. The first-order chi connectivity index (χ1) is 12.6. The Balaban J connectivity index is 1.65. The molecule has 1 heterocycles. The van der Waals surface area contributed by atoms with Gasteiger partial charge in [0.25, 0.3) is 5.91 Å². The van der Waals surface area contributed by atoms with Crippen LogP contribution in [0.3, 0.4) is 0 Å². The van der Waals surface area contributed by atoms with Gasteiger partial charge in [-0.05, 0) is 39.7 Å². The van der Waals surface area contributed by atoms with Crippen LogP contribution in [0.25, 0.3) is 0 Å². The highest BCUT2D eigenvalue weighted by Crippen LogP contribution is 2.26. The van der Waals surface area contributed by atoms with E-state index in [1.807, 2.05) is 29.1 Å². The topological polar surface area (TPSA) is 47.4 Å². The van der Waals surface area contributed by atoms with Gasteiger partial charge in [-0.3, -0.25) is 9.48 Å². The van der Waals surface area contributed by atoms with E-state index in [9.17, 15) is 4.79 Å². The minimum Gasteiger partial charge on any atom is -0.496 e. The Bertz CT molecular complexity index is 893. The van der Waals surface area contributed by atoms with Gasteiger partial charge in [-0.25, -0.2) is 0 Å². The van der Waals surface area contributed by atoms with Crippen LogP contribution in [-0.4, -0.2) is 34.7 Å². The average molecular weight is 414 g/mol. The van der Waals surface area contributed by atoms with Crippen LogP contribution in [0.5, 0.6) is 5.75 Å². The summed E-state index contributed by atoms with van der Waals surface area (Å²) in [5.41, 5.74) is 2.79. The van der Waals surface area contributed by atoms with Crippen molar-refractivity contribution in [3.63, 3.8) is 0 Å². The quantitative estimate of drug-likeness (QED) is 0.613. The SMILES string of the molecule is COc1ccc(C(=O)N(C)Cc2cnn(Cc3ccccc3)c2)cc1Br. The van der Waals surface area contributed by atoms with Crippen LogP contribution in [0.2, 0.25) is 0 Å². The van der Waals surface area contributed by atoms with E-state index in [1.165, 1.54) is 5.56 Å². The first-order valence-corrected chi connectivity index (χ1v) is 9.00. The number of ether oxygens (including phenoxy) is 1. The van der Waals surface area contributed by atoms with E-state index in [0.29, 0.717) is 24.4 Å². The van der Waals surface area contributed by atoms with Crippen molar-refractivity contribution in [3.8, 4) is 5.75 Å². The first-order valence-electron chi connectivity index (χ1n) is 8.21. The van der Waals surface area contributed by atoms with Gasteiger partial charge in [0.05, 0.1) is 24.3 Å². The van der Waals surface area contributed by atoms with Crippen LogP contribution in [0.4, 0.5) is 0 Å². The van der Waals surface area contributed by atoms with Crippen LogP contribution < -0.4 is 4.74 Å². The van der Waals surface area contributed by atoms with Gasteiger partial charge in [0, 0.05) is 30.9 Å². The number of benzene rings is 2. The number of hydrogen-bond donors (Lipinski definition) is 0. The molecule has 0 aliphatic carbocycles. The monoisotopic (exact) mass is 413 g/mol. The molecule has 0 N–H and O–H groups in total. The molecule has 26 heavy (non-hydrogen) atoms. The van der Waals surface area contributed by atoms with Crippen LogP contribution in [0, 0.1) is 0 Å². The fraction of sp³-hybridized carbons (Fsp3) is 0.200. The summed E-state index contributed by atoms with van der Waals surface area (Å²) in [4.78, 5) is 14.3. The molecule has 0 atom stereocenters. The highest BCUT2D eigenvalue weighted by atomic mass is 79.9. The Morgan fingerprint density at radius 2 is 1.96 bits per heavy atom. The standard InChI is InChI=1S/C20H20BrN3O2/c1-23(20(25)17-8-9-19(26-2)18(21)10-17)12-16-11-22-24(14-16)13-15-6-4-3-5-7-15/h3-11,14H,12-13H2,1-2H3. The van der Waals surface area contributed by atoms with Crippen LogP contribution in [0.1, 0.15) is 21.5 Å². The van der Waals surface area contributed by atoms with Gasteiger partial charge in [-0.2, -0.15) is 5.10 Å². The normalized spacial score (nSPS) is 10.6. The fourth-order valence-corrected chi connectivity index (χ4v) is 3.25. The summed E-state index contributed by atoms with van der Waals surface area (Å²) in [5.74, 6) is 0.649. The molecular formula is C20H20BrN3O2. The van der Waals surface area contributed by atoms with Crippen LogP contribution in [0.15, 0.2) is 65.4 Å². The average Bonchev–Trinajstić information content (AvgIpc) is 3.08. The van der Waals surface area contributed by atoms with Crippen molar-refractivity contribution in [2.75, 3.05) is 14.2 Å². The van der Waals surface area contributed by atoms with Crippen molar-refractivity contribution < 1.29 is 9.53 Å². The summed E-state index contributed by atoms with van der Waals surface area (Å²) in [6.07, 6.45) is 3.78. The highest BCUT2D eigenvalue weighted by Gasteiger charge is 2.14. The number of carbonyl (C=O) groups excluding carboxylic acids is 1. The Morgan fingerprint density at radius 1 is 1.19 bits per heavy atom. The number of aromatic nitrogens is 2. The Morgan fingerprint density at radius 3 is 2.65 bits per heavy atom. The minimum absolute atomic E-state index is 0.0517. The predicted octanol–water partition coefficient (Wildman–Crippen LogP) is 3.97. The third kappa shape index (κ3) is 4.32. The molecule has 0 saturated carbocycles. The third-order valence-electron chi connectivity index (χ3n) is 4.04. The van der Waals surface area contributed by atoms with E-state index >= 15 is 0 Å². The lowest BCUT2D eigenvalue weighted by atomic mass is 10.2. The molecule has 0 aliphatic rings. The number of hydrogen-bond acceptors (Lipinski definition) is 3. The molecule has 0 fully saturated rings.